The number of thiol groups is 2. The van der Waals surface area contributed by atoms with Gasteiger partial charge in [0.2, 0.25) is 11.8 Å². The van der Waals surface area contributed by atoms with Crippen LogP contribution in [0.25, 0.3) is 0 Å². The largest absolute Gasteiger partial charge is 0.463 e. The minimum absolute atomic E-state index is 0.0654. The van der Waals surface area contributed by atoms with Crippen LogP contribution < -0.4 is 16.8 Å². The predicted molar refractivity (Wildman–Crippen MR) is 120 cm³/mol. The molecule has 0 radical (unpaired) electrons. The Kier molecular flexibility index (Phi) is 10.8. The third-order valence-corrected chi connectivity index (χ3v) is 6.17. The van der Waals surface area contributed by atoms with Gasteiger partial charge in [-0.15, -0.1) is 0 Å². The molecule has 1 fully saturated rings. The molecule has 1 aliphatic heterocycles. The fourth-order valence-corrected chi connectivity index (χ4v) is 3.74. The van der Waals surface area contributed by atoms with Crippen molar-refractivity contribution in [1.82, 2.24) is 10.2 Å². The van der Waals surface area contributed by atoms with E-state index >= 15 is 0 Å². The highest BCUT2D eigenvalue weighted by Crippen LogP contribution is 2.23. The maximum absolute atomic E-state index is 13.6. The summed E-state index contributed by atoms with van der Waals surface area (Å²) in [5.41, 5.74) is 10.9. The molecule has 10 heteroatoms. The lowest BCUT2D eigenvalue weighted by atomic mass is 9.93. The van der Waals surface area contributed by atoms with Crippen LogP contribution in [0.4, 0.5) is 0 Å². The van der Waals surface area contributed by atoms with Gasteiger partial charge in [-0.25, -0.2) is 4.79 Å². The molecule has 168 valence electrons. The van der Waals surface area contributed by atoms with E-state index in [4.69, 9.17) is 16.2 Å². The van der Waals surface area contributed by atoms with Gasteiger partial charge in [0.25, 0.3) is 0 Å². The van der Waals surface area contributed by atoms with E-state index in [-0.39, 0.29) is 37.2 Å². The van der Waals surface area contributed by atoms with Crippen molar-refractivity contribution in [2.75, 3.05) is 24.7 Å². The summed E-state index contributed by atoms with van der Waals surface area (Å²) >= 11 is 8.45. The molecule has 0 saturated carbocycles. The van der Waals surface area contributed by atoms with E-state index in [1.165, 1.54) is 4.90 Å². The van der Waals surface area contributed by atoms with Crippen LogP contribution in [0.15, 0.2) is 0 Å². The summed E-state index contributed by atoms with van der Waals surface area (Å²) in [6.45, 7) is 5.89. The monoisotopic (exact) mass is 448 g/mol. The van der Waals surface area contributed by atoms with Crippen molar-refractivity contribution in [2.24, 2.45) is 23.3 Å². The van der Waals surface area contributed by atoms with Gasteiger partial charge in [0, 0.05) is 13.0 Å². The highest BCUT2D eigenvalue weighted by Gasteiger charge is 2.47. The Morgan fingerprint density at radius 2 is 1.97 bits per heavy atom. The van der Waals surface area contributed by atoms with Crippen molar-refractivity contribution < 1.29 is 19.1 Å². The molecule has 29 heavy (non-hydrogen) atoms. The van der Waals surface area contributed by atoms with E-state index in [0.717, 1.165) is 0 Å². The number of ether oxygens (including phenoxy) is 1. The second kappa shape index (κ2) is 12.0. The van der Waals surface area contributed by atoms with E-state index in [2.05, 4.69) is 30.6 Å². The van der Waals surface area contributed by atoms with Gasteiger partial charge in [0.15, 0.2) is 5.66 Å². The zero-order valence-corrected chi connectivity index (χ0v) is 19.4. The van der Waals surface area contributed by atoms with Crippen LogP contribution in [0, 0.1) is 11.8 Å². The molecule has 5 atom stereocenters. The molecule has 1 heterocycles. The van der Waals surface area contributed by atoms with Gasteiger partial charge < -0.3 is 20.7 Å². The molecule has 0 aromatic heterocycles. The number of nitrogens with one attached hydrogen (secondary N) is 1. The van der Waals surface area contributed by atoms with Gasteiger partial charge in [-0.05, 0) is 36.2 Å². The van der Waals surface area contributed by atoms with Crippen molar-refractivity contribution in [3.05, 3.63) is 0 Å². The molecule has 0 aliphatic carbocycles. The number of hydrogen-bond donors (Lipinski definition) is 5. The highest BCUT2D eigenvalue weighted by atomic mass is 32.1. The second-order valence-electron chi connectivity index (χ2n) is 7.76. The van der Waals surface area contributed by atoms with Crippen LogP contribution in [0.1, 0.15) is 46.5 Å². The van der Waals surface area contributed by atoms with Crippen LogP contribution in [-0.2, 0) is 19.1 Å². The van der Waals surface area contributed by atoms with Crippen molar-refractivity contribution in [3.63, 3.8) is 0 Å². The average Bonchev–Trinajstić information content (AvgIpc) is 2.69. The normalized spacial score (nSPS) is 30.8. The standard InChI is InChI=1S/C19H36N4O4S2/c1-4-12(2)15-17(25)23(8-5-10-28)19(21,7-11-29)18(26)27-9-6-13(3)14(20)16(24)22-15/h12-15,28-29H,4-11,20-21H2,1-3H3,(H,22,24)/t12-,13-,14-,15-,19-/m0/s1. The van der Waals surface area contributed by atoms with Crippen LogP contribution in [-0.4, -0.2) is 65.1 Å². The number of rotatable bonds is 7. The molecular weight excluding hydrogens is 412 g/mol. The maximum Gasteiger partial charge on any atom is 0.347 e. The van der Waals surface area contributed by atoms with Gasteiger partial charge in [-0.3, -0.25) is 15.3 Å². The van der Waals surface area contributed by atoms with Crippen molar-refractivity contribution in [3.8, 4) is 0 Å². The van der Waals surface area contributed by atoms with Crippen LogP contribution in [0.3, 0.4) is 0 Å². The minimum atomic E-state index is -1.66. The molecule has 0 aromatic carbocycles. The molecule has 8 nitrogen and oxygen atoms in total. The molecule has 0 aromatic rings. The molecule has 2 amide bonds. The van der Waals surface area contributed by atoms with Crippen molar-refractivity contribution in [2.45, 2.75) is 64.2 Å². The van der Waals surface area contributed by atoms with Crippen LogP contribution in [0.5, 0.6) is 0 Å². The summed E-state index contributed by atoms with van der Waals surface area (Å²) in [4.78, 5) is 40.6. The molecular formula is C19H36N4O4S2. The fraction of sp³-hybridized carbons (Fsp3) is 0.842. The van der Waals surface area contributed by atoms with Crippen LogP contribution in [0.2, 0.25) is 0 Å². The lowest BCUT2D eigenvalue weighted by molar-refractivity contribution is -0.167. The Labute approximate surface area is 184 Å². The number of amides is 2. The zero-order valence-electron chi connectivity index (χ0n) is 17.6. The summed E-state index contributed by atoms with van der Waals surface area (Å²) in [6, 6.07) is -1.65. The van der Waals surface area contributed by atoms with Gasteiger partial charge in [-0.1, -0.05) is 27.2 Å². The zero-order chi connectivity index (χ0) is 22.2. The average molecular weight is 449 g/mol. The molecule has 5 N–H and O–H groups in total. The summed E-state index contributed by atoms with van der Waals surface area (Å²) in [6.07, 6.45) is 1.72. The van der Waals surface area contributed by atoms with Crippen molar-refractivity contribution >= 4 is 43.0 Å². The van der Waals surface area contributed by atoms with Gasteiger partial charge in [0.1, 0.15) is 6.04 Å². The van der Waals surface area contributed by atoms with Gasteiger partial charge in [-0.2, -0.15) is 25.3 Å². The molecule has 0 bridgehead atoms. The Morgan fingerprint density at radius 1 is 1.31 bits per heavy atom. The first-order valence-electron chi connectivity index (χ1n) is 10.2. The number of nitrogens with zero attached hydrogens (tertiary/aromatic N) is 1. The molecule has 0 spiro atoms. The first-order valence-corrected chi connectivity index (χ1v) is 11.5. The maximum atomic E-state index is 13.6. The lowest BCUT2D eigenvalue weighted by Gasteiger charge is -2.42. The Morgan fingerprint density at radius 3 is 2.52 bits per heavy atom. The van der Waals surface area contributed by atoms with Crippen molar-refractivity contribution in [1.29, 1.82) is 0 Å². The number of carbonyl (C=O) groups is 3. The SMILES string of the molecule is CC[C@H](C)[C@@H]1NC(=O)[C@@H](N)[C@@H](C)CCOC(=O)[C@](N)(CCS)N(CCCS)C1=O. The Hall–Kier alpha value is -0.970. The van der Waals surface area contributed by atoms with E-state index in [1.807, 2.05) is 20.8 Å². The summed E-state index contributed by atoms with van der Waals surface area (Å²) in [5.74, 6) is -1.09. The Bertz CT molecular complexity index is 580. The number of hydrogen-bond acceptors (Lipinski definition) is 8. The predicted octanol–water partition coefficient (Wildman–Crippen LogP) is 0.551. The smallest absolute Gasteiger partial charge is 0.347 e. The fourth-order valence-electron chi connectivity index (χ4n) is 3.25. The molecule has 1 rings (SSSR count). The lowest BCUT2D eigenvalue weighted by Crippen LogP contribution is -2.68. The second-order valence-corrected chi connectivity index (χ2v) is 8.66. The van der Waals surface area contributed by atoms with E-state index < -0.39 is 35.5 Å². The van der Waals surface area contributed by atoms with E-state index in [1.54, 1.807) is 0 Å². The molecule has 1 aliphatic rings. The number of esters is 1. The molecule has 1 saturated heterocycles. The highest BCUT2D eigenvalue weighted by molar-refractivity contribution is 7.80. The summed E-state index contributed by atoms with van der Waals surface area (Å²) in [7, 11) is 0. The minimum Gasteiger partial charge on any atom is -0.463 e. The van der Waals surface area contributed by atoms with Crippen LogP contribution >= 0.6 is 25.3 Å². The first kappa shape index (κ1) is 26.1. The summed E-state index contributed by atoms with van der Waals surface area (Å²) < 4.78 is 5.42. The topological polar surface area (TPSA) is 128 Å². The van der Waals surface area contributed by atoms with Gasteiger partial charge in [0.05, 0.1) is 12.6 Å². The van der Waals surface area contributed by atoms with E-state index in [0.29, 0.717) is 25.0 Å². The third kappa shape index (κ3) is 6.50. The summed E-state index contributed by atoms with van der Waals surface area (Å²) in [5, 5.41) is 2.82. The number of carbonyl (C=O) groups excluding carboxylic acids is 3. The first-order chi connectivity index (χ1) is 13.6. The van der Waals surface area contributed by atoms with E-state index in [9.17, 15) is 14.4 Å². The number of nitrogens with two attached hydrogens (primary N) is 2. The number of cyclic esters (lactones) is 1. The Balaban J connectivity index is 3.45. The quantitative estimate of drug-likeness (QED) is 0.286. The van der Waals surface area contributed by atoms with Gasteiger partial charge >= 0.3 is 5.97 Å². The molecule has 0 unspecified atom stereocenters. The third-order valence-electron chi connectivity index (χ3n) is 5.63.